The Balaban J connectivity index is 2.47. The van der Waals surface area contributed by atoms with E-state index in [1.165, 1.54) is 17.7 Å². The van der Waals surface area contributed by atoms with E-state index in [1.807, 2.05) is 7.05 Å². The fourth-order valence-electron chi connectivity index (χ4n) is 3.57. The predicted octanol–water partition coefficient (Wildman–Crippen LogP) is 3.85. The predicted molar refractivity (Wildman–Crippen MR) is 90.2 cm³/mol. The minimum atomic E-state index is 0.274. The second-order valence-electron chi connectivity index (χ2n) is 6.61. The summed E-state index contributed by atoms with van der Waals surface area (Å²) in [6, 6.07) is 7.25. The van der Waals surface area contributed by atoms with Gasteiger partial charge in [-0.3, -0.25) is 0 Å². The topological polar surface area (TPSA) is 24.5 Å². The van der Waals surface area contributed by atoms with Gasteiger partial charge < -0.3 is 15.0 Å². The molecule has 0 saturated carbocycles. The maximum atomic E-state index is 5.62. The van der Waals surface area contributed by atoms with Gasteiger partial charge in [-0.2, -0.15) is 0 Å². The average molecular weight is 290 g/mol. The molecule has 1 heterocycles. The van der Waals surface area contributed by atoms with Crippen LogP contribution in [-0.2, 0) is 0 Å². The lowest BCUT2D eigenvalue weighted by molar-refractivity contribution is 0.296. The molecule has 0 bridgehead atoms. The van der Waals surface area contributed by atoms with Gasteiger partial charge in [-0.15, -0.1) is 0 Å². The summed E-state index contributed by atoms with van der Waals surface area (Å²) in [5, 5.41) is 3.37. The SMILES string of the molecule is CNC(C)c1c(OC)cccc1N1CC(C)CC(C)C1C. The maximum absolute atomic E-state index is 5.62. The summed E-state index contributed by atoms with van der Waals surface area (Å²) in [7, 11) is 3.77. The number of hydrogen-bond acceptors (Lipinski definition) is 3. The van der Waals surface area contributed by atoms with Crippen molar-refractivity contribution < 1.29 is 4.74 Å². The summed E-state index contributed by atoms with van der Waals surface area (Å²) >= 11 is 0. The van der Waals surface area contributed by atoms with E-state index in [0.717, 1.165) is 24.1 Å². The summed E-state index contributed by atoms with van der Waals surface area (Å²) < 4.78 is 5.62. The Kier molecular flexibility index (Phi) is 5.15. The van der Waals surface area contributed by atoms with E-state index in [1.54, 1.807) is 7.11 Å². The highest BCUT2D eigenvalue weighted by atomic mass is 16.5. The normalized spacial score (nSPS) is 27.5. The van der Waals surface area contributed by atoms with Crippen LogP contribution in [0.15, 0.2) is 18.2 Å². The first-order chi connectivity index (χ1) is 9.99. The number of piperidine rings is 1. The quantitative estimate of drug-likeness (QED) is 0.911. The second-order valence-corrected chi connectivity index (χ2v) is 6.61. The van der Waals surface area contributed by atoms with Crippen molar-refractivity contribution >= 4 is 5.69 Å². The number of hydrogen-bond donors (Lipinski definition) is 1. The fraction of sp³-hybridized carbons (Fsp3) is 0.667. The third-order valence-corrected chi connectivity index (χ3v) is 5.04. The van der Waals surface area contributed by atoms with Gasteiger partial charge in [0.25, 0.3) is 0 Å². The van der Waals surface area contributed by atoms with E-state index in [4.69, 9.17) is 4.74 Å². The molecule has 118 valence electrons. The highest BCUT2D eigenvalue weighted by Gasteiger charge is 2.31. The number of benzene rings is 1. The molecule has 21 heavy (non-hydrogen) atoms. The monoisotopic (exact) mass is 290 g/mol. The minimum absolute atomic E-state index is 0.274. The zero-order valence-electron chi connectivity index (χ0n) is 14.3. The third kappa shape index (κ3) is 3.18. The number of ether oxygens (including phenoxy) is 1. The molecule has 1 N–H and O–H groups in total. The van der Waals surface area contributed by atoms with Gasteiger partial charge in [0.1, 0.15) is 5.75 Å². The largest absolute Gasteiger partial charge is 0.496 e. The molecular formula is C18H30N2O. The lowest BCUT2D eigenvalue weighted by Gasteiger charge is -2.44. The Morgan fingerprint density at radius 3 is 2.62 bits per heavy atom. The number of nitrogens with one attached hydrogen (secondary N) is 1. The van der Waals surface area contributed by atoms with Gasteiger partial charge in [-0.25, -0.2) is 0 Å². The van der Waals surface area contributed by atoms with E-state index in [9.17, 15) is 0 Å². The first kappa shape index (κ1) is 16.2. The number of rotatable bonds is 4. The molecule has 0 amide bonds. The van der Waals surface area contributed by atoms with Crippen LogP contribution in [0.3, 0.4) is 0 Å². The van der Waals surface area contributed by atoms with Gasteiger partial charge in [0.2, 0.25) is 0 Å². The summed E-state index contributed by atoms with van der Waals surface area (Å²) in [4.78, 5) is 2.57. The Hall–Kier alpha value is -1.22. The van der Waals surface area contributed by atoms with Crippen molar-refractivity contribution in [1.29, 1.82) is 0 Å². The first-order valence-electron chi connectivity index (χ1n) is 8.10. The molecule has 0 spiro atoms. The van der Waals surface area contributed by atoms with Gasteiger partial charge >= 0.3 is 0 Å². The Morgan fingerprint density at radius 2 is 2.00 bits per heavy atom. The molecule has 2 rings (SSSR count). The first-order valence-corrected chi connectivity index (χ1v) is 8.10. The molecule has 0 radical (unpaired) electrons. The van der Waals surface area contributed by atoms with Gasteiger partial charge in [-0.1, -0.05) is 19.9 Å². The van der Waals surface area contributed by atoms with E-state index in [0.29, 0.717) is 6.04 Å². The van der Waals surface area contributed by atoms with Crippen molar-refractivity contribution in [3.8, 4) is 5.75 Å². The standard InChI is InChI=1S/C18H30N2O/c1-12-10-13(2)15(4)20(11-12)16-8-7-9-17(21-6)18(16)14(3)19-5/h7-9,12-15,19H,10-11H2,1-6H3. The van der Waals surface area contributed by atoms with E-state index in [-0.39, 0.29) is 6.04 Å². The van der Waals surface area contributed by atoms with E-state index < -0.39 is 0 Å². The smallest absolute Gasteiger partial charge is 0.125 e. The van der Waals surface area contributed by atoms with Crippen molar-refractivity contribution in [2.24, 2.45) is 11.8 Å². The molecule has 4 unspecified atom stereocenters. The Labute approximate surface area is 129 Å². The summed E-state index contributed by atoms with van der Waals surface area (Å²) in [6.45, 7) is 10.4. The minimum Gasteiger partial charge on any atom is -0.496 e. The summed E-state index contributed by atoms with van der Waals surface area (Å²) in [6.07, 6.45) is 1.32. The van der Waals surface area contributed by atoms with E-state index in [2.05, 4.69) is 56.1 Å². The highest BCUT2D eigenvalue weighted by Crippen LogP contribution is 2.39. The van der Waals surface area contributed by atoms with Crippen LogP contribution >= 0.6 is 0 Å². The van der Waals surface area contributed by atoms with Crippen LogP contribution in [0.1, 0.15) is 45.7 Å². The fourth-order valence-corrected chi connectivity index (χ4v) is 3.57. The lowest BCUT2D eigenvalue weighted by atomic mass is 9.85. The molecule has 1 aliphatic heterocycles. The van der Waals surface area contributed by atoms with Crippen LogP contribution in [-0.4, -0.2) is 26.7 Å². The van der Waals surface area contributed by atoms with Gasteiger partial charge in [0.05, 0.1) is 7.11 Å². The summed E-state index contributed by atoms with van der Waals surface area (Å²) in [5.74, 6) is 2.44. The third-order valence-electron chi connectivity index (χ3n) is 5.04. The van der Waals surface area contributed by atoms with Crippen molar-refractivity contribution in [3.05, 3.63) is 23.8 Å². The lowest BCUT2D eigenvalue weighted by Crippen LogP contribution is -2.46. The zero-order chi connectivity index (χ0) is 15.6. The molecule has 1 aromatic rings. The van der Waals surface area contributed by atoms with Crippen LogP contribution < -0.4 is 15.0 Å². The molecule has 4 atom stereocenters. The Bertz CT molecular complexity index is 474. The van der Waals surface area contributed by atoms with Crippen molar-refractivity contribution in [3.63, 3.8) is 0 Å². The van der Waals surface area contributed by atoms with Crippen LogP contribution in [0.4, 0.5) is 5.69 Å². The number of nitrogens with zero attached hydrogens (tertiary/aromatic N) is 1. The van der Waals surface area contributed by atoms with Gasteiger partial charge in [-0.05, 0) is 51.3 Å². The molecule has 1 fully saturated rings. The van der Waals surface area contributed by atoms with Crippen LogP contribution in [0.5, 0.6) is 5.75 Å². The molecule has 0 aromatic heterocycles. The zero-order valence-corrected chi connectivity index (χ0v) is 14.3. The molecule has 1 saturated heterocycles. The maximum Gasteiger partial charge on any atom is 0.125 e. The molecule has 0 aliphatic carbocycles. The van der Waals surface area contributed by atoms with Gasteiger partial charge in [0, 0.05) is 29.9 Å². The van der Waals surface area contributed by atoms with Crippen molar-refractivity contribution in [2.75, 3.05) is 25.6 Å². The Morgan fingerprint density at radius 1 is 1.29 bits per heavy atom. The molecular weight excluding hydrogens is 260 g/mol. The molecule has 1 aliphatic rings. The van der Waals surface area contributed by atoms with Crippen molar-refractivity contribution in [2.45, 2.75) is 46.2 Å². The molecule has 3 nitrogen and oxygen atoms in total. The number of methoxy groups -OCH3 is 1. The second kappa shape index (κ2) is 6.69. The van der Waals surface area contributed by atoms with E-state index >= 15 is 0 Å². The van der Waals surface area contributed by atoms with Crippen molar-refractivity contribution in [1.82, 2.24) is 5.32 Å². The number of anilines is 1. The van der Waals surface area contributed by atoms with Crippen LogP contribution in [0.25, 0.3) is 0 Å². The highest BCUT2D eigenvalue weighted by molar-refractivity contribution is 5.61. The summed E-state index contributed by atoms with van der Waals surface area (Å²) in [5.41, 5.74) is 2.60. The van der Waals surface area contributed by atoms with Crippen LogP contribution in [0.2, 0.25) is 0 Å². The average Bonchev–Trinajstić information content (AvgIpc) is 2.49. The molecule has 1 aromatic carbocycles. The van der Waals surface area contributed by atoms with Crippen LogP contribution in [0, 0.1) is 11.8 Å². The molecule has 3 heteroatoms. The van der Waals surface area contributed by atoms with Gasteiger partial charge in [0.15, 0.2) is 0 Å².